The maximum Gasteiger partial charge on any atom is 0.355 e. The van der Waals surface area contributed by atoms with E-state index in [1.165, 1.54) is 0 Å². The third kappa shape index (κ3) is 5.03. The normalized spacial score (nSPS) is 14.4. The van der Waals surface area contributed by atoms with Crippen LogP contribution >= 0.6 is 7.60 Å². The molecule has 0 aliphatic heterocycles. The molecule has 0 fully saturated rings. The van der Waals surface area contributed by atoms with Crippen molar-refractivity contribution in [3.05, 3.63) is 59.5 Å². The van der Waals surface area contributed by atoms with E-state index < -0.39 is 13.4 Å². The molecule has 0 aliphatic rings. The van der Waals surface area contributed by atoms with Gasteiger partial charge in [-0.2, -0.15) is 0 Å². The predicted molar refractivity (Wildman–Crippen MR) is 96.2 cm³/mol. The van der Waals surface area contributed by atoms with Gasteiger partial charge in [-0.15, -0.1) is 0 Å². The van der Waals surface area contributed by atoms with Gasteiger partial charge in [0, 0.05) is 6.04 Å². The lowest BCUT2D eigenvalue weighted by molar-refractivity contribution is 0.198. The number of hydrogen-bond acceptors (Lipinski definition) is 6. The zero-order chi connectivity index (χ0) is 18.3. The van der Waals surface area contributed by atoms with Gasteiger partial charge in [-0.1, -0.05) is 30.3 Å². The second-order valence-electron chi connectivity index (χ2n) is 5.54. The largest absolute Gasteiger partial charge is 0.461 e. The van der Waals surface area contributed by atoms with Crippen LogP contribution in [0, 0.1) is 0 Å². The molecule has 0 saturated carbocycles. The first kappa shape index (κ1) is 19.9. The average Bonchev–Trinajstić information content (AvgIpc) is 3.09. The molecular weight excluding hydrogens is 341 g/mol. The number of nitrogens with one attached hydrogen (secondary N) is 1. The van der Waals surface area contributed by atoms with E-state index in [2.05, 4.69) is 5.32 Å². The smallest absolute Gasteiger partial charge is 0.355 e. The molecule has 2 N–H and O–H groups in total. The van der Waals surface area contributed by atoms with Crippen molar-refractivity contribution in [1.29, 1.82) is 0 Å². The Labute approximate surface area is 148 Å². The number of hydrogen-bond donors (Lipinski definition) is 2. The van der Waals surface area contributed by atoms with E-state index in [-0.39, 0.29) is 25.9 Å². The van der Waals surface area contributed by atoms with Gasteiger partial charge in [0.05, 0.1) is 13.2 Å². The van der Waals surface area contributed by atoms with E-state index in [4.69, 9.17) is 13.5 Å². The highest BCUT2D eigenvalue weighted by Gasteiger charge is 2.40. The fourth-order valence-corrected chi connectivity index (χ4v) is 4.53. The molecule has 1 heterocycles. The Morgan fingerprint density at radius 2 is 1.76 bits per heavy atom. The molecule has 0 amide bonds. The minimum atomic E-state index is -3.51. The summed E-state index contributed by atoms with van der Waals surface area (Å²) in [6, 6.07) is 13.0. The van der Waals surface area contributed by atoms with Gasteiger partial charge in [0.15, 0.2) is 5.78 Å². The van der Waals surface area contributed by atoms with E-state index in [1.807, 2.05) is 37.3 Å². The summed E-state index contributed by atoms with van der Waals surface area (Å²) in [7, 11) is -3.51. The molecule has 6 nitrogen and oxygen atoms in total. The van der Waals surface area contributed by atoms with Crippen molar-refractivity contribution >= 4 is 7.60 Å². The van der Waals surface area contributed by atoms with Gasteiger partial charge in [0.2, 0.25) is 0 Å². The van der Waals surface area contributed by atoms with Crippen LogP contribution in [0.5, 0.6) is 0 Å². The van der Waals surface area contributed by atoms with Crippen LogP contribution in [0.2, 0.25) is 0 Å². The molecule has 0 radical (unpaired) electrons. The summed E-state index contributed by atoms with van der Waals surface area (Å²) >= 11 is 0. The van der Waals surface area contributed by atoms with Crippen molar-refractivity contribution in [2.75, 3.05) is 13.2 Å². The molecule has 138 valence electrons. The quantitative estimate of drug-likeness (QED) is 0.606. The molecule has 0 spiro atoms. The maximum absolute atomic E-state index is 13.3. The van der Waals surface area contributed by atoms with Crippen molar-refractivity contribution in [2.45, 2.75) is 39.2 Å². The Morgan fingerprint density at radius 3 is 2.28 bits per heavy atom. The van der Waals surface area contributed by atoms with Crippen LogP contribution in [0.3, 0.4) is 0 Å². The monoisotopic (exact) mass is 367 g/mol. The zero-order valence-electron chi connectivity index (χ0n) is 14.8. The van der Waals surface area contributed by atoms with Gasteiger partial charge in [0.1, 0.15) is 18.1 Å². The van der Waals surface area contributed by atoms with Crippen LogP contribution in [-0.2, 0) is 20.2 Å². The molecule has 2 rings (SSSR count). The number of rotatable bonds is 10. The SMILES string of the molecule is CCOP(=O)(OCC)C(N[C@H](C)c1ccccc1)c1ccc(CO)o1. The summed E-state index contributed by atoms with van der Waals surface area (Å²) < 4.78 is 30.0. The van der Waals surface area contributed by atoms with Gasteiger partial charge in [-0.3, -0.25) is 9.88 Å². The molecule has 7 heteroatoms. The van der Waals surface area contributed by atoms with E-state index >= 15 is 0 Å². The summed E-state index contributed by atoms with van der Waals surface area (Å²) in [5.41, 5.74) is 1.04. The van der Waals surface area contributed by atoms with Gasteiger partial charge in [-0.25, -0.2) is 0 Å². The van der Waals surface area contributed by atoms with Crippen molar-refractivity contribution in [2.24, 2.45) is 0 Å². The topological polar surface area (TPSA) is 80.9 Å². The van der Waals surface area contributed by atoms with Crippen molar-refractivity contribution in [3.63, 3.8) is 0 Å². The lowest BCUT2D eigenvalue weighted by Gasteiger charge is -2.28. The second kappa shape index (κ2) is 9.32. The lowest BCUT2D eigenvalue weighted by Crippen LogP contribution is -2.26. The third-order valence-electron chi connectivity index (χ3n) is 3.75. The summed E-state index contributed by atoms with van der Waals surface area (Å²) in [6.07, 6.45) is 0. The molecule has 1 aromatic carbocycles. The third-order valence-corrected chi connectivity index (χ3v) is 6.02. The van der Waals surface area contributed by atoms with Crippen LogP contribution < -0.4 is 5.32 Å². The first-order valence-electron chi connectivity index (χ1n) is 8.43. The molecule has 2 atom stereocenters. The van der Waals surface area contributed by atoms with Crippen LogP contribution in [0.4, 0.5) is 0 Å². The first-order valence-corrected chi connectivity index (χ1v) is 10.0. The number of aliphatic hydroxyl groups is 1. The average molecular weight is 367 g/mol. The van der Waals surface area contributed by atoms with E-state index in [0.717, 1.165) is 5.56 Å². The maximum atomic E-state index is 13.3. The first-order chi connectivity index (χ1) is 12.0. The highest BCUT2D eigenvalue weighted by Crippen LogP contribution is 2.60. The molecule has 0 aliphatic carbocycles. The van der Waals surface area contributed by atoms with Crippen molar-refractivity contribution in [3.8, 4) is 0 Å². The number of benzene rings is 1. The fourth-order valence-electron chi connectivity index (χ4n) is 2.58. The molecule has 1 aromatic heterocycles. The number of furan rings is 1. The minimum absolute atomic E-state index is 0.108. The fraction of sp³-hybridized carbons (Fsp3) is 0.444. The van der Waals surface area contributed by atoms with Crippen LogP contribution in [0.15, 0.2) is 46.9 Å². The van der Waals surface area contributed by atoms with Crippen LogP contribution in [0.25, 0.3) is 0 Å². The second-order valence-corrected chi connectivity index (χ2v) is 7.65. The van der Waals surface area contributed by atoms with Gasteiger partial charge in [-0.05, 0) is 38.5 Å². The zero-order valence-corrected chi connectivity index (χ0v) is 15.7. The van der Waals surface area contributed by atoms with Crippen molar-refractivity contribution < 1.29 is 23.1 Å². The highest BCUT2D eigenvalue weighted by molar-refractivity contribution is 7.54. The Balaban J connectivity index is 2.35. The van der Waals surface area contributed by atoms with Crippen LogP contribution in [-0.4, -0.2) is 18.3 Å². The Morgan fingerprint density at radius 1 is 1.12 bits per heavy atom. The van der Waals surface area contributed by atoms with Crippen molar-refractivity contribution in [1.82, 2.24) is 5.32 Å². The summed E-state index contributed by atoms with van der Waals surface area (Å²) in [4.78, 5) is 0. The Bertz CT molecular complexity index is 678. The molecule has 0 bridgehead atoms. The highest BCUT2D eigenvalue weighted by atomic mass is 31.2. The minimum Gasteiger partial charge on any atom is -0.461 e. The van der Waals surface area contributed by atoms with E-state index in [9.17, 15) is 9.67 Å². The van der Waals surface area contributed by atoms with E-state index in [0.29, 0.717) is 11.5 Å². The van der Waals surface area contributed by atoms with E-state index in [1.54, 1.807) is 26.0 Å². The molecule has 25 heavy (non-hydrogen) atoms. The van der Waals surface area contributed by atoms with Gasteiger partial charge in [0.25, 0.3) is 0 Å². The molecular formula is C18H26NO5P. The van der Waals surface area contributed by atoms with Gasteiger partial charge < -0.3 is 18.6 Å². The van der Waals surface area contributed by atoms with Crippen LogP contribution in [0.1, 0.15) is 49.7 Å². The lowest BCUT2D eigenvalue weighted by atomic mass is 10.1. The molecule has 2 aromatic rings. The molecule has 0 saturated heterocycles. The standard InChI is InChI=1S/C18H26NO5P/c1-4-22-25(21,23-5-2)18(17-12-11-16(13-20)24-17)19-14(3)15-9-7-6-8-10-15/h6-12,14,18-20H,4-5,13H2,1-3H3/t14-,18?/m1/s1. The Kier molecular flexibility index (Phi) is 7.41. The van der Waals surface area contributed by atoms with Gasteiger partial charge >= 0.3 is 7.60 Å². The summed E-state index contributed by atoms with van der Waals surface area (Å²) in [5.74, 6) is 0.0358. The predicted octanol–water partition coefficient (Wildman–Crippen LogP) is 4.39. The summed E-state index contributed by atoms with van der Waals surface area (Å²) in [6.45, 7) is 5.79. The summed E-state index contributed by atoms with van der Waals surface area (Å²) in [5, 5.41) is 12.6. The molecule has 1 unspecified atom stereocenters. The Hall–Kier alpha value is -1.43. The number of aliphatic hydroxyl groups excluding tert-OH is 1.